The van der Waals surface area contributed by atoms with Crippen LogP contribution in [0.15, 0.2) is 30.3 Å². The van der Waals surface area contributed by atoms with E-state index in [1.165, 1.54) is 17.1 Å². The second kappa shape index (κ2) is 6.26. The maximum absolute atomic E-state index is 5.92. The molecule has 3 saturated heterocycles. The molecule has 0 saturated carbocycles. The highest BCUT2D eigenvalue weighted by atomic mass is 32.2. The molecule has 1 aromatic rings. The first-order valence-electron chi connectivity index (χ1n) is 7.66. The third-order valence-electron chi connectivity index (χ3n) is 4.41. The summed E-state index contributed by atoms with van der Waals surface area (Å²) in [4.78, 5) is 2.52. The zero-order chi connectivity index (χ0) is 14.1. The molecule has 0 aliphatic carbocycles. The minimum Gasteiger partial charge on any atom is -0.362 e. The van der Waals surface area contributed by atoms with E-state index in [2.05, 4.69) is 17.0 Å². The molecule has 4 nitrogen and oxygen atoms in total. The molecule has 0 unspecified atom stereocenters. The van der Waals surface area contributed by atoms with E-state index in [0.29, 0.717) is 18.8 Å². The summed E-state index contributed by atoms with van der Waals surface area (Å²) in [5.41, 5.74) is 1.17. The summed E-state index contributed by atoms with van der Waals surface area (Å²) >= 11 is 2.04. The van der Waals surface area contributed by atoms with Crippen LogP contribution in [0.5, 0.6) is 0 Å². The zero-order valence-corrected chi connectivity index (χ0v) is 12.8. The van der Waals surface area contributed by atoms with Crippen LogP contribution < -0.4 is 0 Å². The molecule has 0 aromatic heterocycles. The molecule has 21 heavy (non-hydrogen) atoms. The summed E-state index contributed by atoms with van der Waals surface area (Å²) < 4.78 is 17.7. The third kappa shape index (κ3) is 3.12. The van der Waals surface area contributed by atoms with Crippen LogP contribution in [-0.2, 0) is 20.8 Å². The van der Waals surface area contributed by atoms with Gasteiger partial charge in [0.25, 0.3) is 0 Å². The standard InChI is InChI=1S/C16H21NO3S/c1-2-4-12(5-3-1)10-18-16-15-14(20-15)13(11-19-16)17-6-8-21-9-7-17/h1-5,13-16H,6-11H2/t13-,14+,15+,16-/m0/s1. The minimum atomic E-state index is -0.203. The molecule has 114 valence electrons. The van der Waals surface area contributed by atoms with Crippen LogP contribution in [0.2, 0.25) is 0 Å². The van der Waals surface area contributed by atoms with Crippen molar-refractivity contribution in [2.45, 2.75) is 31.1 Å². The molecule has 0 radical (unpaired) electrons. The Hall–Kier alpha value is -0.590. The van der Waals surface area contributed by atoms with Crippen molar-refractivity contribution in [1.82, 2.24) is 4.90 Å². The molecule has 4 rings (SSSR count). The maximum Gasteiger partial charge on any atom is 0.186 e. The Morgan fingerprint density at radius 3 is 2.76 bits per heavy atom. The fraction of sp³-hybridized carbons (Fsp3) is 0.625. The first-order valence-corrected chi connectivity index (χ1v) is 8.82. The summed E-state index contributed by atoms with van der Waals surface area (Å²) in [7, 11) is 0. The number of hydrogen-bond acceptors (Lipinski definition) is 5. The van der Waals surface area contributed by atoms with E-state index in [1.807, 2.05) is 30.0 Å². The lowest BCUT2D eigenvalue weighted by Crippen LogP contribution is -2.51. The lowest BCUT2D eigenvalue weighted by Gasteiger charge is -2.36. The van der Waals surface area contributed by atoms with E-state index in [-0.39, 0.29) is 12.4 Å². The number of rotatable bonds is 4. The van der Waals surface area contributed by atoms with Gasteiger partial charge in [-0.05, 0) is 5.56 Å². The zero-order valence-electron chi connectivity index (χ0n) is 12.0. The summed E-state index contributed by atoms with van der Waals surface area (Å²) in [5.74, 6) is 2.45. The highest BCUT2D eigenvalue weighted by molar-refractivity contribution is 7.99. The van der Waals surface area contributed by atoms with Gasteiger partial charge in [0.05, 0.1) is 19.3 Å². The van der Waals surface area contributed by atoms with Gasteiger partial charge < -0.3 is 14.2 Å². The number of ether oxygens (including phenoxy) is 3. The van der Waals surface area contributed by atoms with E-state index >= 15 is 0 Å². The molecule has 1 aromatic carbocycles. The van der Waals surface area contributed by atoms with Gasteiger partial charge in [0.15, 0.2) is 6.29 Å². The number of nitrogens with zero attached hydrogens (tertiary/aromatic N) is 1. The molecule has 0 N–H and O–H groups in total. The Labute approximate surface area is 129 Å². The van der Waals surface area contributed by atoms with E-state index in [9.17, 15) is 0 Å². The molecular weight excluding hydrogens is 286 g/mol. The van der Waals surface area contributed by atoms with Crippen molar-refractivity contribution in [3.05, 3.63) is 35.9 Å². The number of benzene rings is 1. The molecule has 3 heterocycles. The fourth-order valence-corrected chi connectivity index (χ4v) is 4.10. The molecule has 3 aliphatic heterocycles. The van der Waals surface area contributed by atoms with Crippen molar-refractivity contribution in [3.63, 3.8) is 0 Å². The van der Waals surface area contributed by atoms with Crippen molar-refractivity contribution < 1.29 is 14.2 Å². The number of fused-ring (bicyclic) bond motifs is 1. The molecule has 3 aliphatic rings. The maximum atomic E-state index is 5.92. The minimum absolute atomic E-state index is 0.127. The molecule has 0 bridgehead atoms. The molecule has 0 spiro atoms. The van der Waals surface area contributed by atoms with Gasteiger partial charge in [-0.1, -0.05) is 30.3 Å². The van der Waals surface area contributed by atoms with Crippen LogP contribution in [0, 0.1) is 0 Å². The van der Waals surface area contributed by atoms with Crippen molar-refractivity contribution in [2.24, 2.45) is 0 Å². The Morgan fingerprint density at radius 1 is 1.14 bits per heavy atom. The predicted molar refractivity (Wildman–Crippen MR) is 82.3 cm³/mol. The van der Waals surface area contributed by atoms with E-state index < -0.39 is 0 Å². The first kappa shape index (κ1) is 14.0. The number of thioether (sulfide) groups is 1. The van der Waals surface area contributed by atoms with E-state index in [0.717, 1.165) is 19.7 Å². The van der Waals surface area contributed by atoms with E-state index in [1.54, 1.807) is 0 Å². The highest BCUT2D eigenvalue weighted by Crippen LogP contribution is 2.38. The summed E-state index contributed by atoms with van der Waals surface area (Å²) in [6, 6.07) is 10.6. The summed E-state index contributed by atoms with van der Waals surface area (Å²) in [6.45, 7) is 3.62. The monoisotopic (exact) mass is 307 g/mol. The lowest BCUT2D eigenvalue weighted by molar-refractivity contribution is -0.176. The van der Waals surface area contributed by atoms with Gasteiger partial charge in [-0.3, -0.25) is 4.90 Å². The molecule has 3 fully saturated rings. The van der Waals surface area contributed by atoms with Crippen LogP contribution in [0.4, 0.5) is 0 Å². The van der Waals surface area contributed by atoms with Gasteiger partial charge in [-0.2, -0.15) is 11.8 Å². The normalized spacial score (nSPS) is 36.2. The second-order valence-corrected chi connectivity index (χ2v) is 7.00. The molecule has 4 atom stereocenters. The highest BCUT2D eigenvalue weighted by Gasteiger charge is 2.56. The van der Waals surface area contributed by atoms with Crippen LogP contribution in [0.25, 0.3) is 0 Å². The van der Waals surface area contributed by atoms with Crippen LogP contribution in [0.1, 0.15) is 5.56 Å². The topological polar surface area (TPSA) is 34.2 Å². The average Bonchev–Trinajstić information content (AvgIpc) is 3.35. The fourth-order valence-electron chi connectivity index (χ4n) is 3.17. The van der Waals surface area contributed by atoms with Gasteiger partial charge >= 0.3 is 0 Å². The largest absolute Gasteiger partial charge is 0.362 e. The lowest BCUT2D eigenvalue weighted by atomic mass is 10.1. The summed E-state index contributed by atoms with van der Waals surface area (Å²) in [5, 5.41) is 0. The van der Waals surface area contributed by atoms with Crippen LogP contribution in [-0.4, -0.2) is 60.6 Å². The third-order valence-corrected chi connectivity index (χ3v) is 5.35. The Balaban J connectivity index is 1.29. The SMILES string of the molecule is c1ccc(CO[C@H]2OC[C@H](N3CCSCC3)[C@H]3O[C@@H]23)cc1. The molecule has 0 amide bonds. The Morgan fingerprint density at radius 2 is 1.95 bits per heavy atom. The molecular formula is C16H21NO3S. The van der Waals surface area contributed by atoms with Crippen molar-refractivity contribution >= 4 is 11.8 Å². The Bertz CT molecular complexity index is 466. The predicted octanol–water partition coefficient (Wildman–Crippen LogP) is 1.74. The van der Waals surface area contributed by atoms with Gasteiger partial charge in [0.1, 0.15) is 12.2 Å². The van der Waals surface area contributed by atoms with Crippen molar-refractivity contribution in [2.75, 3.05) is 31.2 Å². The van der Waals surface area contributed by atoms with Crippen molar-refractivity contribution in [3.8, 4) is 0 Å². The van der Waals surface area contributed by atoms with Gasteiger partial charge in [-0.25, -0.2) is 0 Å². The van der Waals surface area contributed by atoms with Gasteiger partial charge in [0, 0.05) is 24.6 Å². The van der Waals surface area contributed by atoms with Gasteiger partial charge in [-0.15, -0.1) is 0 Å². The van der Waals surface area contributed by atoms with E-state index in [4.69, 9.17) is 14.2 Å². The molecule has 5 heteroatoms. The van der Waals surface area contributed by atoms with Crippen molar-refractivity contribution in [1.29, 1.82) is 0 Å². The van der Waals surface area contributed by atoms with Crippen LogP contribution >= 0.6 is 11.8 Å². The smallest absolute Gasteiger partial charge is 0.186 e. The average molecular weight is 307 g/mol. The van der Waals surface area contributed by atoms with Crippen LogP contribution in [0.3, 0.4) is 0 Å². The number of epoxide rings is 1. The first-order chi connectivity index (χ1) is 10.4. The van der Waals surface area contributed by atoms with Gasteiger partial charge in [0.2, 0.25) is 0 Å². The summed E-state index contributed by atoms with van der Waals surface area (Å²) in [6.07, 6.45) is 0.232. The second-order valence-electron chi connectivity index (χ2n) is 5.78. The quantitative estimate of drug-likeness (QED) is 0.792. The number of hydrogen-bond donors (Lipinski definition) is 0. The Kier molecular flexibility index (Phi) is 4.18.